The molecule has 0 amide bonds. The highest BCUT2D eigenvalue weighted by molar-refractivity contribution is 5.71. The van der Waals surface area contributed by atoms with Gasteiger partial charge >= 0.3 is 17.9 Å². The lowest BCUT2D eigenvalue weighted by molar-refractivity contribution is -0.167. The van der Waals surface area contributed by atoms with Crippen LogP contribution in [0.25, 0.3) is 0 Å². The Kier molecular flexibility index (Phi) is 61.8. The molecule has 0 radical (unpaired) electrons. The van der Waals surface area contributed by atoms with Crippen LogP contribution in [0.3, 0.4) is 0 Å². The van der Waals surface area contributed by atoms with E-state index in [0.29, 0.717) is 19.3 Å². The Morgan fingerprint density at radius 2 is 0.506 bits per heavy atom. The van der Waals surface area contributed by atoms with Crippen LogP contribution in [0.1, 0.15) is 316 Å². The van der Waals surface area contributed by atoms with Crippen LogP contribution in [0.5, 0.6) is 0 Å². The first-order valence-electron chi connectivity index (χ1n) is 32.7. The van der Waals surface area contributed by atoms with Gasteiger partial charge in [-0.1, -0.05) is 291 Å². The van der Waals surface area contributed by atoms with Gasteiger partial charge in [0.15, 0.2) is 6.10 Å². The first-order chi connectivity index (χ1) is 38.0. The zero-order chi connectivity index (χ0) is 55.7. The lowest BCUT2D eigenvalue weighted by Crippen LogP contribution is -2.30. The Labute approximate surface area is 477 Å². The van der Waals surface area contributed by atoms with E-state index in [1.54, 1.807) is 0 Å². The summed E-state index contributed by atoms with van der Waals surface area (Å²) in [6.07, 6.45) is 87.3. The molecule has 0 aromatic carbocycles. The van der Waals surface area contributed by atoms with Gasteiger partial charge in [-0.25, -0.2) is 0 Å². The highest BCUT2D eigenvalue weighted by atomic mass is 16.6. The minimum Gasteiger partial charge on any atom is -0.462 e. The third-order valence-electron chi connectivity index (χ3n) is 14.1. The van der Waals surface area contributed by atoms with Gasteiger partial charge in [0.2, 0.25) is 0 Å². The summed E-state index contributed by atoms with van der Waals surface area (Å²) in [5.41, 5.74) is 0. The summed E-state index contributed by atoms with van der Waals surface area (Å²) in [5.74, 6) is -0.881. The number of hydrogen-bond donors (Lipinski definition) is 0. The van der Waals surface area contributed by atoms with Crippen LogP contribution < -0.4 is 0 Å². The zero-order valence-electron chi connectivity index (χ0n) is 50.7. The van der Waals surface area contributed by atoms with Gasteiger partial charge in [0.1, 0.15) is 13.2 Å². The van der Waals surface area contributed by atoms with Crippen molar-refractivity contribution in [1.29, 1.82) is 0 Å². The van der Waals surface area contributed by atoms with Crippen LogP contribution in [0.4, 0.5) is 0 Å². The van der Waals surface area contributed by atoms with E-state index in [0.717, 1.165) is 116 Å². The molecular weight excluding hydrogens is 949 g/mol. The van der Waals surface area contributed by atoms with Crippen molar-refractivity contribution in [1.82, 2.24) is 0 Å². The number of allylic oxidation sites excluding steroid dienone is 16. The summed E-state index contributed by atoms with van der Waals surface area (Å²) in [6.45, 7) is 6.51. The third-order valence-corrected chi connectivity index (χ3v) is 14.1. The summed E-state index contributed by atoms with van der Waals surface area (Å²) >= 11 is 0. The maximum atomic E-state index is 12.8. The average Bonchev–Trinajstić information content (AvgIpc) is 3.43. The maximum absolute atomic E-state index is 12.8. The van der Waals surface area contributed by atoms with E-state index in [-0.39, 0.29) is 31.1 Å². The minimum absolute atomic E-state index is 0.0769. The number of rotatable bonds is 59. The second-order valence-electron chi connectivity index (χ2n) is 21.6. The number of ether oxygens (including phenoxy) is 3. The molecule has 0 bridgehead atoms. The summed E-state index contributed by atoms with van der Waals surface area (Å²) in [4.78, 5) is 38.1. The Hall–Kier alpha value is -3.67. The number of carbonyl (C=O) groups is 3. The molecular formula is C71H122O6. The van der Waals surface area contributed by atoms with E-state index in [9.17, 15) is 14.4 Å². The molecule has 0 rings (SSSR count). The average molecular weight is 1070 g/mol. The fourth-order valence-corrected chi connectivity index (χ4v) is 9.18. The van der Waals surface area contributed by atoms with Crippen molar-refractivity contribution in [3.05, 3.63) is 97.2 Å². The second-order valence-corrected chi connectivity index (χ2v) is 21.6. The maximum Gasteiger partial charge on any atom is 0.306 e. The van der Waals surface area contributed by atoms with Gasteiger partial charge in [-0.05, 0) is 103 Å². The van der Waals surface area contributed by atoms with Crippen LogP contribution in [-0.2, 0) is 28.6 Å². The Bertz CT molecular complexity index is 1510. The Morgan fingerprint density at radius 3 is 0.805 bits per heavy atom. The zero-order valence-corrected chi connectivity index (χ0v) is 50.7. The summed E-state index contributed by atoms with van der Waals surface area (Å²) in [7, 11) is 0. The number of carbonyl (C=O) groups excluding carboxylic acids is 3. The fourth-order valence-electron chi connectivity index (χ4n) is 9.18. The third kappa shape index (κ3) is 63.0. The van der Waals surface area contributed by atoms with Crippen molar-refractivity contribution in [2.24, 2.45) is 0 Å². The Morgan fingerprint density at radius 1 is 0.273 bits per heavy atom. The number of unbranched alkanes of at least 4 members (excludes halogenated alkanes) is 32. The molecule has 0 spiro atoms. The standard InChI is InChI=1S/C71H122O6/c1-4-7-10-13-16-19-21-23-25-27-28-29-30-31-32-33-34-35-36-37-38-39-40-41-42-43-44-45-47-48-50-52-55-58-61-64-70(73)76-67-68(66-75-69(72)63-60-57-54-18-15-12-9-6-3)77-71(74)65-62-59-56-53-51-49-46-26-24-22-20-17-14-11-8-5-2/h7,10,16,19,23,25-26,28-29,31-32,34-35,37-38,46,68H,4-6,8-9,11-15,17-18,20-22,24,27,30,33,36,39-45,47-67H2,1-3H3/b10-7-,19-16-,25-23-,29-28-,32-31-,35-34-,38-37-,46-26-. The van der Waals surface area contributed by atoms with Gasteiger partial charge in [-0.2, -0.15) is 0 Å². The molecule has 0 heterocycles. The highest BCUT2D eigenvalue weighted by Gasteiger charge is 2.19. The molecule has 0 saturated heterocycles. The molecule has 0 saturated carbocycles. The normalized spacial score (nSPS) is 12.7. The number of esters is 3. The van der Waals surface area contributed by atoms with Crippen molar-refractivity contribution in [2.75, 3.05) is 13.2 Å². The molecule has 6 heteroatoms. The molecule has 1 unspecified atom stereocenters. The van der Waals surface area contributed by atoms with Crippen molar-refractivity contribution in [3.63, 3.8) is 0 Å². The largest absolute Gasteiger partial charge is 0.462 e. The SMILES string of the molecule is CC/C=C\C/C=C\C/C=C\C/C=C\C/C=C\C/C=C\C/C=C\CCCCCCCCCCCCCCCC(=O)OCC(COC(=O)CCCCCCCCCC)OC(=O)CCCCCCC/C=C\CCCCCCCCC. The van der Waals surface area contributed by atoms with Gasteiger partial charge in [-0.15, -0.1) is 0 Å². The van der Waals surface area contributed by atoms with E-state index in [2.05, 4.69) is 118 Å². The predicted molar refractivity (Wildman–Crippen MR) is 334 cm³/mol. The van der Waals surface area contributed by atoms with Gasteiger partial charge in [0, 0.05) is 19.3 Å². The molecule has 1 atom stereocenters. The smallest absolute Gasteiger partial charge is 0.306 e. The highest BCUT2D eigenvalue weighted by Crippen LogP contribution is 2.16. The molecule has 77 heavy (non-hydrogen) atoms. The molecule has 6 nitrogen and oxygen atoms in total. The molecule has 0 N–H and O–H groups in total. The minimum atomic E-state index is -0.778. The van der Waals surface area contributed by atoms with Crippen molar-refractivity contribution >= 4 is 17.9 Å². The molecule has 0 aromatic heterocycles. The lowest BCUT2D eigenvalue weighted by atomic mass is 10.0. The summed E-state index contributed by atoms with van der Waals surface area (Å²) < 4.78 is 16.8. The van der Waals surface area contributed by atoms with E-state index in [1.807, 2.05) is 0 Å². The molecule has 0 aromatic rings. The van der Waals surface area contributed by atoms with Gasteiger partial charge in [0.05, 0.1) is 0 Å². The van der Waals surface area contributed by atoms with Crippen LogP contribution in [0.15, 0.2) is 97.2 Å². The monoisotopic (exact) mass is 1070 g/mol. The number of hydrogen-bond acceptors (Lipinski definition) is 6. The fraction of sp³-hybridized carbons (Fsp3) is 0.732. The molecule has 0 aliphatic carbocycles. The second kappa shape index (κ2) is 64.9. The van der Waals surface area contributed by atoms with E-state index in [4.69, 9.17) is 14.2 Å². The van der Waals surface area contributed by atoms with Gasteiger partial charge in [0.25, 0.3) is 0 Å². The quantitative estimate of drug-likeness (QED) is 0.0261. The van der Waals surface area contributed by atoms with Crippen LogP contribution >= 0.6 is 0 Å². The predicted octanol–water partition coefficient (Wildman–Crippen LogP) is 22.4. The van der Waals surface area contributed by atoms with E-state index >= 15 is 0 Å². The Balaban J connectivity index is 4.08. The topological polar surface area (TPSA) is 78.9 Å². The summed E-state index contributed by atoms with van der Waals surface area (Å²) in [5, 5.41) is 0. The molecule has 442 valence electrons. The summed E-state index contributed by atoms with van der Waals surface area (Å²) in [6, 6.07) is 0. The first-order valence-corrected chi connectivity index (χ1v) is 32.7. The van der Waals surface area contributed by atoms with Gasteiger partial charge < -0.3 is 14.2 Å². The molecule has 0 aliphatic rings. The van der Waals surface area contributed by atoms with E-state index in [1.165, 1.54) is 161 Å². The van der Waals surface area contributed by atoms with Crippen molar-refractivity contribution in [3.8, 4) is 0 Å². The van der Waals surface area contributed by atoms with E-state index < -0.39 is 6.10 Å². The van der Waals surface area contributed by atoms with Crippen LogP contribution in [-0.4, -0.2) is 37.2 Å². The van der Waals surface area contributed by atoms with Crippen molar-refractivity contribution in [2.45, 2.75) is 322 Å². The first kappa shape index (κ1) is 73.3. The lowest BCUT2D eigenvalue weighted by Gasteiger charge is -2.18. The van der Waals surface area contributed by atoms with Crippen LogP contribution in [0, 0.1) is 0 Å². The molecule has 0 fully saturated rings. The van der Waals surface area contributed by atoms with Crippen molar-refractivity contribution < 1.29 is 28.6 Å². The van der Waals surface area contributed by atoms with Gasteiger partial charge in [-0.3, -0.25) is 14.4 Å². The van der Waals surface area contributed by atoms with Crippen LogP contribution in [0.2, 0.25) is 0 Å². The molecule has 0 aliphatic heterocycles.